The molecule has 2 unspecified atom stereocenters. The molecule has 0 radical (unpaired) electrons. The lowest BCUT2D eigenvalue weighted by Gasteiger charge is -2.23. The van der Waals surface area contributed by atoms with E-state index in [-0.39, 0.29) is 18.1 Å². The Kier molecular flexibility index (Phi) is 3.91. The number of fused-ring (bicyclic) bond motifs is 2. The highest BCUT2D eigenvalue weighted by molar-refractivity contribution is 7.98. The van der Waals surface area contributed by atoms with Gasteiger partial charge in [-0.3, -0.25) is 9.59 Å². The Bertz CT molecular complexity index is 559. The highest BCUT2D eigenvalue weighted by Crippen LogP contribution is 2.44. The van der Waals surface area contributed by atoms with Crippen molar-refractivity contribution in [2.24, 2.45) is 11.8 Å². The summed E-state index contributed by atoms with van der Waals surface area (Å²) >= 11 is 1.63. The van der Waals surface area contributed by atoms with Crippen molar-refractivity contribution in [2.45, 2.75) is 29.9 Å². The van der Waals surface area contributed by atoms with Crippen molar-refractivity contribution in [3.63, 3.8) is 0 Å². The lowest BCUT2D eigenvalue weighted by molar-refractivity contribution is -0.147. The summed E-state index contributed by atoms with van der Waals surface area (Å²) in [4.78, 5) is 24.9. The van der Waals surface area contributed by atoms with E-state index in [9.17, 15) is 14.7 Å². The van der Waals surface area contributed by atoms with Gasteiger partial charge >= 0.3 is 5.97 Å². The van der Waals surface area contributed by atoms with Gasteiger partial charge in [0.05, 0.1) is 24.0 Å². The molecule has 0 aromatic heterocycles. The first-order valence-electron chi connectivity index (χ1n) is 6.93. The molecule has 1 amide bonds. The Morgan fingerprint density at radius 1 is 1.19 bits per heavy atom. The number of carbonyl (C=O) groups is 2. The van der Waals surface area contributed by atoms with E-state index in [1.165, 1.54) is 0 Å². The van der Waals surface area contributed by atoms with Crippen molar-refractivity contribution in [3.05, 3.63) is 24.3 Å². The lowest BCUT2D eigenvalue weighted by Crippen LogP contribution is -2.40. The van der Waals surface area contributed by atoms with Gasteiger partial charge in [-0.1, -0.05) is 0 Å². The van der Waals surface area contributed by atoms with Crippen LogP contribution < -0.4 is 5.32 Å². The van der Waals surface area contributed by atoms with E-state index in [1.807, 2.05) is 30.5 Å². The van der Waals surface area contributed by atoms with Gasteiger partial charge in [0, 0.05) is 10.6 Å². The van der Waals surface area contributed by atoms with Gasteiger partial charge in [0.1, 0.15) is 0 Å². The molecule has 0 spiro atoms. The first kappa shape index (κ1) is 14.4. The van der Waals surface area contributed by atoms with Crippen LogP contribution >= 0.6 is 11.8 Å². The zero-order valence-electron chi connectivity index (χ0n) is 11.6. The van der Waals surface area contributed by atoms with E-state index in [0.29, 0.717) is 5.69 Å². The van der Waals surface area contributed by atoms with Crippen molar-refractivity contribution in [3.8, 4) is 0 Å². The van der Waals surface area contributed by atoms with Crippen LogP contribution in [0.2, 0.25) is 0 Å². The van der Waals surface area contributed by atoms with Gasteiger partial charge in [-0.05, 0) is 43.4 Å². The van der Waals surface area contributed by atoms with Gasteiger partial charge in [0.2, 0.25) is 5.91 Å². The van der Waals surface area contributed by atoms with Crippen LogP contribution in [0.1, 0.15) is 12.8 Å². The number of rotatable bonds is 4. The maximum atomic E-state index is 12.4. The number of hydrogen-bond donors (Lipinski definition) is 2. The zero-order chi connectivity index (χ0) is 15.0. The van der Waals surface area contributed by atoms with Crippen molar-refractivity contribution >= 4 is 29.3 Å². The van der Waals surface area contributed by atoms with Crippen LogP contribution in [0.15, 0.2) is 29.2 Å². The average molecular weight is 307 g/mol. The molecule has 2 bridgehead atoms. The number of carboxylic acids is 1. The number of amides is 1. The molecule has 2 saturated heterocycles. The third-order valence-electron chi connectivity index (χ3n) is 4.22. The van der Waals surface area contributed by atoms with E-state index in [1.54, 1.807) is 11.8 Å². The fraction of sp³-hybridized carbons (Fsp3) is 0.467. The smallest absolute Gasteiger partial charge is 0.310 e. The average Bonchev–Trinajstić information content (AvgIpc) is 3.08. The number of thioether (sulfide) groups is 1. The molecule has 1 aromatic rings. The van der Waals surface area contributed by atoms with Crippen LogP contribution in [0, 0.1) is 11.8 Å². The van der Waals surface area contributed by atoms with Gasteiger partial charge in [-0.15, -0.1) is 11.8 Å². The van der Waals surface area contributed by atoms with Crippen molar-refractivity contribution in [1.29, 1.82) is 0 Å². The highest BCUT2D eigenvalue weighted by Gasteiger charge is 2.55. The predicted molar refractivity (Wildman–Crippen MR) is 79.4 cm³/mol. The van der Waals surface area contributed by atoms with E-state index < -0.39 is 17.8 Å². The summed E-state index contributed by atoms with van der Waals surface area (Å²) in [5, 5.41) is 12.1. The number of nitrogens with one attached hydrogen (secondary N) is 1. The minimum atomic E-state index is -0.944. The molecule has 3 rings (SSSR count). The first-order chi connectivity index (χ1) is 10.1. The van der Waals surface area contributed by atoms with Crippen LogP contribution in [0.3, 0.4) is 0 Å². The van der Waals surface area contributed by atoms with E-state index in [2.05, 4.69) is 5.32 Å². The molecular formula is C15H17NO4S. The molecule has 4 atom stereocenters. The number of aliphatic carboxylic acids is 1. The highest BCUT2D eigenvalue weighted by atomic mass is 32.2. The summed E-state index contributed by atoms with van der Waals surface area (Å²) in [6.07, 6.45) is 2.90. The van der Waals surface area contributed by atoms with Crippen LogP contribution in [0.25, 0.3) is 0 Å². The second-order valence-corrected chi connectivity index (χ2v) is 6.28. The topological polar surface area (TPSA) is 75.6 Å². The summed E-state index contributed by atoms with van der Waals surface area (Å²) in [6.45, 7) is 0. The maximum absolute atomic E-state index is 12.4. The summed E-state index contributed by atoms with van der Waals surface area (Å²) in [5.41, 5.74) is 0.685. The Balaban J connectivity index is 1.73. The third-order valence-corrected chi connectivity index (χ3v) is 4.96. The van der Waals surface area contributed by atoms with Crippen LogP contribution in [0.5, 0.6) is 0 Å². The molecule has 6 heteroatoms. The van der Waals surface area contributed by atoms with Crippen LogP contribution in [-0.2, 0) is 14.3 Å². The minimum absolute atomic E-state index is 0.258. The molecule has 5 nitrogen and oxygen atoms in total. The molecule has 112 valence electrons. The van der Waals surface area contributed by atoms with Crippen molar-refractivity contribution in [1.82, 2.24) is 0 Å². The van der Waals surface area contributed by atoms with Gasteiger partial charge in [0.15, 0.2) is 0 Å². The summed E-state index contributed by atoms with van der Waals surface area (Å²) in [7, 11) is 0. The largest absolute Gasteiger partial charge is 0.481 e. The second-order valence-electron chi connectivity index (χ2n) is 5.40. The number of anilines is 1. The Hall–Kier alpha value is -1.53. The molecule has 1 aromatic carbocycles. The quantitative estimate of drug-likeness (QED) is 0.834. The van der Waals surface area contributed by atoms with E-state index in [4.69, 9.17) is 4.74 Å². The SMILES string of the molecule is CSc1ccc(NC(=O)C2C(C(=O)O)[C@H]3CC[C@@H]2O3)cc1. The molecule has 0 saturated carbocycles. The van der Waals surface area contributed by atoms with Crippen LogP contribution in [0.4, 0.5) is 5.69 Å². The maximum Gasteiger partial charge on any atom is 0.310 e. The fourth-order valence-corrected chi connectivity index (χ4v) is 3.63. The predicted octanol–water partition coefficient (Wildman–Crippen LogP) is 2.23. The van der Waals surface area contributed by atoms with Gasteiger partial charge < -0.3 is 15.2 Å². The lowest BCUT2D eigenvalue weighted by atomic mass is 9.78. The van der Waals surface area contributed by atoms with Crippen LogP contribution in [-0.4, -0.2) is 35.4 Å². The molecule has 2 heterocycles. The fourth-order valence-electron chi connectivity index (χ4n) is 3.22. The second kappa shape index (κ2) is 5.69. The molecule has 2 N–H and O–H groups in total. The number of carbonyl (C=O) groups excluding carboxylic acids is 1. The van der Waals surface area contributed by atoms with Crippen molar-refractivity contribution < 1.29 is 19.4 Å². The van der Waals surface area contributed by atoms with Gasteiger partial charge in [0.25, 0.3) is 0 Å². The minimum Gasteiger partial charge on any atom is -0.481 e. The summed E-state index contributed by atoms with van der Waals surface area (Å²) in [5.74, 6) is -2.53. The molecule has 2 aliphatic rings. The van der Waals surface area contributed by atoms with E-state index in [0.717, 1.165) is 17.7 Å². The Morgan fingerprint density at radius 3 is 2.38 bits per heavy atom. The third kappa shape index (κ3) is 2.65. The van der Waals surface area contributed by atoms with Gasteiger partial charge in [-0.25, -0.2) is 0 Å². The number of hydrogen-bond acceptors (Lipinski definition) is 4. The number of benzene rings is 1. The summed E-state index contributed by atoms with van der Waals surface area (Å²) in [6, 6.07) is 7.50. The normalized spacial score (nSPS) is 30.3. The van der Waals surface area contributed by atoms with Crippen molar-refractivity contribution in [2.75, 3.05) is 11.6 Å². The van der Waals surface area contributed by atoms with Gasteiger partial charge in [-0.2, -0.15) is 0 Å². The summed E-state index contributed by atoms with van der Waals surface area (Å²) < 4.78 is 5.61. The molecule has 21 heavy (non-hydrogen) atoms. The molecular weight excluding hydrogens is 290 g/mol. The number of ether oxygens (including phenoxy) is 1. The standard InChI is InChI=1S/C15H17NO4S/c1-21-9-4-2-8(3-5-9)16-14(17)12-10-6-7-11(20-10)13(12)15(18)19/h2-5,10-13H,6-7H2,1H3,(H,16,17)(H,18,19)/t10-,11+,12?,13?/m0/s1. The zero-order valence-corrected chi connectivity index (χ0v) is 12.4. The molecule has 2 fully saturated rings. The Labute approximate surface area is 127 Å². The van der Waals surface area contributed by atoms with E-state index >= 15 is 0 Å². The molecule has 0 aliphatic carbocycles. The monoisotopic (exact) mass is 307 g/mol. The number of carboxylic acid groups (broad SMARTS) is 1. The molecule has 2 aliphatic heterocycles. The first-order valence-corrected chi connectivity index (χ1v) is 8.16. The Morgan fingerprint density at radius 2 is 1.81 bits per heavy atom.